The van der Waals surface area contributed by atoms with Crippen LogP contribution < -0.4 is 9.64 Å². The first kappa shape index (κ1) is 21.6. The number of amides is 1. The molecule has 1 saturated carbocycles. The van der Waals surface area contributed by atoms with Crippen molar-refractivity contribution in [1.29, 1.82) is 0 Å². The number of carbonyl (C=O) groups is 1. The van der Waals surface area contributed by atoms with Crippen molar-refractivity contribution < 1.29 is 14.6 Å². The Kier molecular flexibility index (Phi) is 4.99. The number of piperidine rings is 1. The van der Waals surface area contributed by atoms with E-state index in [1.807, 2.05) is 55.5 Å². The highest BCUT2D eigenvalue weighted by Gasteiger charge is 2.86. The third-order valence-electron chi connectivity index (χ3n) is 7.03. The van der Waals surface area contributed by atoms with Crippen molar-refractivity contribution >= 4 is 46.4 Å². The van der Waals surface area contributed by atoms with Crippen LogP contribution in [0.3, 0.4) is 0 Å². The molecule has 1 N–H and O–H groups in total. The molecule has 5 rings (SSSR count). The number of rotatable bonds is 4. The number of nitrogens with zero attached hydrogens (tertiary/aromatic N) is 1. The number of halogens is 3. The number of hydrogen-bond acceptors (Lipinski definition) is 3. The Hall–Kier alpha value is -2.24. The molecule has 1 amide bonds. The van der Waals surface area contributed by atoms with Gasteiger partial charge in [0.15, 0.2) is 0 Å². The van der Waals surface area contributed by atoms with E-state index in [1.54, 1.807) is 25.3 Å². The highest BCUT2D eigenvalue weighted by Crippen LogP contribution is 2.78. The zero-order valence-electron chi connectivity index (χ0n) is 17.4. The Balaban J connectivity index is 1.66. The molecule has 4 atom stereocenters. The molecule has 2 aliphatic rings. The van der Waals surface area contributed by atoms with Crippen LogP contribution in [-0.4, -0.2) is 24.4 Å². The largest absolute Gasteiger partial charge is 0.497 e. The van der Waals surface area contributed by atoms with Crippen molar-refractivity contribution in [2.75, 3.05) is 12.0 Å². The SMILES string of the molecule is COc1ccc([C@@]2(c3ccc(Cl)cc3)[C@H]3C(=O)N(c4cc(Cl)cc(Cl)c4)C(O)[C@]32C)cc1. The minimum atomic E-state index is -1.08. The summed E-state index contributed by atoms with van der Waals surface area (Å²) in [6, 6.07) is 20.0. The molecule has 1 saturated heterocycles. The molecule has 3 aromatic rings. The summed E-state index contributed by atoms with van der Waals surface area (Å²) >= 11 is 18.5. The smallest absolute Gasteiger partial charge is 0.234 e. The molecule has 0 spiro atoms. The highest BCUT2D eigenvalue weighted by molar-refractivity contribution is 6.35. The fourth-order valence-corrected chi connectivity index (χ4v) is 6.24. The van der Waals surface area contributed by atoms with Crippen LogP contribution >= 0.6 is 34.8 Å². The van der Waals surface area contributed by atoms with E-state index in [9.17, 15) is 9.90 Å². The van der Waals surface area contributed by atoms with Gasteiger partial charge in [-0.1, -0.05) is 66.0 Å². The van der Waals surface area contributed by atoms with E-state index in [2.05, 4.69) is 0 Å². The summed E-state index contributed by atoms with van der Waals surface area (Å²) in [6.07, 6.45) is -1.08. The van der Waals surface area contributed by atoms with Gasteiger partial charge in [0.05, 0.1) is 13.0 Å². The summed E-state index contributed by atoms with van der Waals surface area (Å²) in [5.74, 6) is 0.0690. The summed E-state index contributed by atoms with van der Waals surface area (Å²) in [6.45, 7) is 1.95. The fourth-order valence-electron chi connectivity index (χ4n) is 5.60. The molecule has 0 radical (unpaired) electrons. The summed E-state index contributed by atoms with van der Waals surface area (Å²) in [5.41, 5.74) is 0.855. The standard InChI is InChI=1S/C25H20Cl3NO3/c1-24-21(22(30)29(23(24)31)19-12-17(27)11-18(28)13-19)25(24,14-3-7-16(26)8-4-14)15-5-9-20(32-2)10-6-15/h3-13,21,23,31H,1-2H3/t21-,23?,24-,25-/m0/s1. The second kappa shape index (κ2) is 7.39. The minimum Gasteiger partial charge on any atom is -0.497 e. The summed E-state index contributed by atoms with van der Waals surface area (Å²) in [5, 5.41) is 13.0. The van der Waals surface area contributed by atoms with Crippen molar-refractivity contribution in [1.82, 2.24) is 0 Å². The van der Waals surface area contributed by atoms with E-state index < -0.39 is 23.0 Å². The maximum Gasteiger partial charge on any atom is 0.234 e. The Bertz CT molecular complexity index is 1190. The van der Waals surface area contributed by atoms with Crippen LogP contribution in [0.1, 0.15) is 18.1 Å². The Morgan fingerprint density at radius 1 is 0.875 bits per heavy atom. The number of ether oxygens (including phenoxy) is 1. The van der Waals surface area contributed by atoms with E-state index in [-0.39, 0.29) is 5.91 Å². The maximum absolute atomic E-state index is 13.8. The average Bonchev–Trinajstić information content (AvgIpc) is 3.28. The van der Waals surface area contributed by atoms with Gasteiger partial charge in [0.2, 0.25) is 5.91 Å². The molecule has 32 heavy (non-hydrogen) atoms. The summed E-state index contributed by atoms with van der Waals surface area (Å²) < 4.78 is 5.32. The quantitative estimate of drug-likeness (QED) is 0.494. The lowest BCUT2D eigenvalue weighted by atomic mass is 9.78. The van der Waals surface area contributed by atoms with E-state index >= 15 is 0 Å². The molecule has 1 unspecified atom stereocenters. The van der Waals surface area contributed by atoms with E-state index in [0.29, 0.717) is 20.8 Å². The van der Waals surface area contributed by atoms with Gasteiger partial charge in [-0.05, 0) is 53.6 Å². The minimum absolute atomic E-state index is 0.177. The van der Waals surface area contributed by atoms with Gasteiger partial charge < -0.3 is 9.84 Å². The van der Waals surface area contributed by atoms with Crippen molar-refractivity contribution in [3.63, 3.8) is 0 Å². The van der Waals surface area contributed by atoms with Crippen molar-refractivity contribution in [2.45, 2.75) is 18.6 Å². The molecular weight excluding hydrogens is 469 g/mol. The van der Waals surface area contributed by atoms with E-state index in [1.165, 1.54) is 4.90 Å². The molecule has 1 aliphatic carbocycles. The number of hydrogen-bond donors (Lipinski definition) is 1. The van der Waals surface area contributed by atoms with Gasteiger partial charge in [-0.15, -0.1) is 0 Å². The van der Waals surface area contributed by atoms with Crippen molar-refractivity contribution in [3.8, 4) is 5.75 Å². The molecule has 164 valence electrons. The number of anilines is 1. The first-order valence-electron chi connectivity index (χ1n) is 10.1. The Morgan fingerprint density at radius 3 is 1.88 bits per heavy atom. The second-order valence-corrected chi connectivity index (χ2v) is 9.78. The monoisotopic (exact) mass is 487 g/mol. The van der Waals surface area contributed by atoms with Gasteiger partial charge in [-0.2, -0.15) is 0 Å². The zero-order chi connectivity index (χ0) is 22.8. The summed E-state index contributed by atoms with van der Waals surface area (Å²) in [4.78, 5) is 15.2. The van der Waals surface area contributed by atoms with Crippen LogP contribution in [0.5, 0.6) is 5.75 Å². The van der Waals surface area contributed by atoms with Crippen LogP contribution in [0.15, 0.2) is 66.7 Å². The topological polar surface area (TPSA) is 49.8 Å². The lowest BCUT2D eigenvalue weighted by Crippen LogP contribution is -2.45. The summed E-state index contributed by atoms with van der Waals surface area (Å²) in [7, 11) is 1.61. The molecule has 0 bridgehead atoms. The number of fused-ring (bicyclic) bond motifs is 1. The lowest BCUT2D eigenvalue weighted by molar-refractivity contribution is -0.120. The third-order valence-corrected chi connectivity index (χ3v) is 7.72. The average molecular weight is 489 g/mol. The van der Waals surface area contributed by atoms with Crippen LogP contribution in [0.25, 0.3) is 0 Å². The number of aliphatic hydroxyl groups excluding tert-OH is 1. The number of methoxy groups -OCH3 is 1. The Morgan fingerprint density at radius 2 is 1.41 bits per heavy atom. The van der Waals surface area contributed by atoms with E-state index in [0.717, 1.165) is 16.9 Å². The van der Waals surface area contributed by atoms with Crippen molar-refractivity contribution in [2.24, 2.45) is 11.3 Å². The van der Waals surface area contributed by atoms with Gasteiger partial charge in [-0.25, -0.2) is 0 Å². The predicted molar refractivity (Wildman–Crippen MR) is 127 cm³/mol. The highest BCUT2D eigenvalue weighted by atomic mass is 35.5. The first-order chi connectivity index (χ1) is 15.2. The molecular formula is C25H20Cl3NO3. The van der Waals surface area contributed by atoms with Gasteiger partial charge in [0, 0.05) is 31.6 Å². The molecule has 0 aromatic heterocycles. The molecule has 3 aromatic carbocycles. The first-order valence-corrected chi connectivity index (χ1v) is 11.3. The predicted octanol–water partition coefficient (Wildman–Crippen LogP) is 5.94. The normalized spacial score (nSPS) is 28.6. The maximum atomic E-state index is 13.8. The number of aliphatic hydroxyl groups is 1. The van der Waals surface area contributed by atoms with Gasteiger partial charge in [0.1, 0.15) is 12.0 Å². The lowest BCUT2D eigenvalue weighted by Gasteiger charge is -2.35. The molecule has 2 fully saturated rings. The van der Waals surface area contributed by atoms with Gasteiger partial charge >= 0.3 is 0 Å². The van der Waals surface area contributed by atoms with Crippen LogP contribution in [0, 0.1) is 11.3 Å². The Labute approximate surface area is 201 Å². The van der Waals surface area contributed by atoms with E-state index in [4.69, 9.17) is 39.5 Å². The van der Waals surface area contributed by atoms with Gasteiger partial charge in [0.25, 0.3) is 0 Å². The molecule has 4 nitrogen and oxygen atoms in total. The number of benzene rings is 3. The molecule has 1 heterocycles. The van der Waals surface area contributed by atoms with Gasteiger partial charge in [-0.3, -0.25) is 9.69 Å². The molecule has 1 aliphatic heterocycles. The zero-order valence-corrected chi connectivity index (χ0v) is 19.6. The second-order valence-electron chi connectivity index (χ2n) is 8.47. The van der Waals surface area contributed by atoms with Crippen LogP contribution in [0.2, 0.25) is 15.1 Å². The fraction of sp³-hybridized carbons (Fsp3) is 0.240. The van der Waals surface area contributed by atoms with Crippen LogP contribution in [-0.2, 0) is 10.2 Å². The van der Waals surface area contributed by atoms with Crippen LogP contribution in [0.4, 0.5) is 5.69 Å². The third kappa shape index (κ3) is 2.77. The number of carbonyl (C=O) groups excluding carboxylic acids is 1. The molecule has 7 heteroatoms. The van der Waals surface area contributed by atoms with Crippen molar-refractivity contribution in [3.05, 3.63) is 92.9 Å².